The summed E-state index contributed by atoms with van der Waals surface area (Å²) in [6, 6.07) is 12.8. The number of carbonyl (C=O) groups excluding carboxylic acids is 2. The van der Waals surface area contributed by atoms with Crippen molar-refractivity contribution in [2.75, 3.05) is 18.8 Å². The summed E-state index contributed by atoms with van der Waals surface area (Å²) in [5.74, 6) is -1.29. The molecule has 27 heavy (non-hydrogen) atoms. The lowest BCUT2D eigenvalue weighted by molar-refractivity contribution is -0.131. The Morgan fingerprint density at radius 3 is 2.44 bits per heavy atom. The van der Waals surface area contributed by atoms with Crippen LogP contribution in [0.4, 0.5) is 8.78 Å². The summed E-state index contributed by atoms with van der Waals surface area (Å²) in [4.78, 5) is 27.7. The number of carbonyl (C=O) groups is 2. The average molecular weight is 389 g/mol. The quantitative estimate of drug-likeness (QED) is 0.537. The summed E-state index contributed by atoms with van der Waals surface area (Å²) in [5.41, 5.74) is -0.195. The van der Waals surface area contributed by atoms with Gasteiger partial charge in [-0.05, 0) is 43.2 Å². The molecule has 142 valence electrons. The number of nitrogens with zero attached hydrogens (tertiary/aromatic N) is 1. The maximum Gasteiger partial charge on any atom is 0.223 e. The topological polar surface area (TPSA) is 37.4 Å². The minimum atomic E-state index is -0.696. The van der Waals surface area contributed by atoms with Crippen molar-refractivity contribution >= 4 is 23.5 Å². The van der Waals surface area contributed by atoms with E-state index in [4.69, 9.17) is 0 Å². The summed E-state index contributed by atoms with van der Waals surface area (Å²) in [5, 5.41) is 0. The molecule has 3 rings (SSSR count). The first-order valence-corrected chi connectivity index (χ1v) is 9.98. The van der Waals surface area contributed by atoms with Gasteiger partial charge in [-0.1, -0.05) is 18.2 Å². The molecule has 2 aromatic carbocycles. The highest BCUT2D eigenvalue weighted by atomic mass is 32.2. The Kier molecular flexibility index (Phi) is 6.61. The zero-order valence-electron chi connectivity index (χ0n) is 14.9. The molecule has 0 spiro atoms. The largest absolute Gasteiger partial charge is 0.343 e. The van der Waals surface area contributed by atoms with Gasteiger partial charge in [0.1, 0.15) is 11.6 Å². The van der Waals surface area contributed by atoms with Gasteiger partial charge in [-0.2, -0.15) is 0 Å². The summed E-state index contributed by atoms with van der Waals surface area (Å²) < 4.78 is 27.1. The van der Waals surface area contributed by atoms with Crippen molar-refractivity contribution in [3.63, 3.8) is 0 Å². The minimum absolute atomic E-state index is 0.0706. The molecule has 0 saturated carbocycles. The van der Waals surface area contributed by atoms with E-state index in [2.05, 4.69) is 0 Å². The number of ketones is 1. The molecule has 0 N–H and O–H groups in total. The zero-order chi connectivity index (χ0) is 19.2. The third-order valence-electron chi connectivity index (χ3n) is 4.74. The van der Waals surface area contributed by atoms with E-state index in [1.165, 1.54) is 0 Å². The molecule has 1 saturated heterocycles. The van der Waals surface area contributed by atoms with Crippen LogP contribution in [-0.2, 0) is 4.79 Å². The Balaban J connectivity index is 1.47. The number of piperidine rings is 1. The van der Waals surface area contributed by atoms with Crippen LogP contribution in [0.15, 0.2) is 53.4 Å². The first-order chi connectivity index (χ1) is 13.0. The SMILES string of the molecule is O=C(c1cc(F)ccc1F)C1CCN(C(=O)CCSc2ccccc2)CC1. The molecule has 6 heteroatoms. The number of likely N-dealkylation sites (tertiary alicyclic amines) is 1. The van der Waals surface area contributed by atoms with Crippen molar-refractivity contribution in [2.24, 2.45) is 5.92 Å². The van der Waals surface area contributed by atoms with E-state index < -0.39 is 11.6 Å². The standard InChI is InChI=1S/C21H21F2NO2S/c22-16-6-7-19(23)18(14-16)21(26)15-8-11-24(12-9-15)20(25)10-13-27-17-4-2-1-3-5-17/h1-7,14-15H,8-13H2. The lowest BCUT2D eigenvalue weighted by atomic mass is 9.88. The van der Waals surface area contributed by atoms with Crippen LogP contribution in [-0.4, -0.2) is 35.4 Å². The Labute approximate surface area is 161 Å². The van der Waals surface area contributed by atoms with Crippen LogP contribution in [0.25, 0.3) is 0 Å². The van der Waals surface area contributed by atoms with Gasteiger partial charge in [0.2, 0.25) is 5.91 Å². The van der Waals surface area contributed by atoms with Gasteiger partial charge in [0.05, 0.1) is 5.56 Å². The van der Waals surface area contributed by atoms with Crippen LogP contribution in [0.5, 0.6) is 0 Å². The first-order valence-electron chi connectivity index (χ1n) is 8.99. The molecule has 0 bridgehead atoms. The summed E-state index contributed by atoms with van der Waals surface area (Å²) in [6.45, 7) is 0.949. The monoisotopic (exact) mass is 389 g/mol. The fraction of sp³-hybridized carbons (Fsp3) is 0.333. The molecular formula is C21H21F2NO2S. The molecule has 1 fully saturated rings. The van der Waals surface area contributed by atoms with Crippen LogP contribution in [0.3, 0.4) is 0 Å². The predicted molar refractivity (Wildman–Crippen MR) is 102 cm³/mol. The summed E-state index contributed by atoms with van der Waals surface area (Å²) >= 11 is 1.64. The van der Waals surface area contributed by atoms with E-state index in [0.29, 0.717) is 38.1 Å². The summed E-state index contributed by atoms with van der Waals surface area (Å²) in [7, 11) is 0. The molecule has 1 heterocycles. The Morgan fingerprint density at radius 2 is 1.74 bits per heavy atom. The van der Waals surface area contributed by atoms with Gasteiger partial charge >= 0.3 is 0 Å². The lowest BCUT2D eigenvalue weighted by Crippen LogP contribution is -2.40. The Bertz CT molecular complexity index is 805. The molecule has 3 nitrogen and oxygen atoms in total. The first kappa shape index (κ1) is 19.5. The molecule has 1 amide bonds. The van der Waals surface area contributed by atoms with Gasteiger partial charge in [-0.25, -0.2) is 8.78 Å². The van der Waals surface area contributed by atoms with Crippen molar-refractivity contribution in [3.8, 4) is 0 Å². The highest BCUT2D eigenvalue weighted by Crippen LogP contribution is 2.25. The third kappa shape index (κ3) is 5.16. The average Bonchev–Trinajstić information content (AvgIpc) is 2.70. The highest BCUT2D eigenvalue weighted by Gasteiger charge is 2.29. The van der Waals surface area contributed by atoms with Crippen LogP contribution in [0.2, 0.25) is 0 Å². The number of halogens is 2. The second-order valence-corrected chi connectivity index (χ2v) is 7.72. The number of Topliss-reactive ketones (excluding diaryl/α,β-unsaturated/α-hetero) is 1. The Hall–Kier alpha value is -2.21. The van der Waals surface area contributed by atoms with Gasteiger partial charge < -0.3 is 4.90 Å². The molecule has 0 aliphatic carbocycles. The van der Waals surface area contributed by atoms with Crippen molar-refractivity contribution in [3.05, 3.63) is 65.7 Å². The molecule has 0 aromatic heterocycles. The van der Waals surface area contributed by atoms with Gasteiger partial charge in [-0.15, -0.1) is 11.8 Å². The van der Waals surface area contributed by atoms with E-state index in [9.17, 15) is 18.4 Å². The third-order valence-corrected chi connectivity index (χ3v) is 5.75. The van der Waals surface area contributed by atoms with Crippen LogP contribution >= 0.6 is 11.8 Å². The van der Waals surface area contributed by atoms with Gasteiger partial charge in [0.25, 0.3) is 0 Å². The fourth-order valence-electron chi connectivity index (χ4n) is 3.23. The van der Waals surface area contributed by atoms with Gasteiger partial charge in [-0.3, -0.25) is 9.59 Å². The minimum Gasteiger partial charge on any atom is -0.343 e. The number of rotatable bonds is 6. The van der Waals surface area contributed by atoms with Crippen molar-refractivity contribution < 1.29 is 18.4 Å². The van der Waals surface area contributed by atoms with E-state index in [1.807, 2.05) is 30.3 Å². The molecule has 1 aliphatic heterocycles. The fourth-order valence-corrected chi connectivity index (χ4v) is 4.09. The van der Waals surface area contributed by atoms with Crippen LogP contribution in [0.1, 0.15) is 29.6 Å². The molecule has 0 atom stereocenters. The van der Waals surface area contributed by atoms with Crippen molar-refractivity contribution in [1.29, 1.82) is 0 Å². The molecular weight excluding hydrogens is 368 g/mol. The molecule has 0 radical (unpaired) electrons. The number of amides is 1. The van der Waals surface area contributed by atoms with E-state index in [-0.39, 0.29) is 23.2 Å². The maximum atomic E-state index is 13.8. The molecule has 2 aromatic rings. The van der Waals surface area contributed by atoms with E-state index in [1.54, 1.807) is 16.7 Å². The smallest absolute Gasteiger partial charge is 0.223 e. The van der Waals surface area contributed by atoms with Gasteiger partial charge in [0, 0.05) is 36.1 Å². The number of hydrogen-bond acceptors (Lipinski definition) is 3. The molecule has 0 unspecified atom stereocenters. The second kappa shape index (κ2) is 9.13. The molecule has 1 aliphatic rings. The number of hydrogen-bond donors (Lipinski definition) is 0. The van der Waals surface area contributed by atoms with Gasteiger partial charge in [0.15, 0.2) is 5.78 Å². The van der Waals surface area contributed by atoms with Crippen molar-refractivity contribution in [1.82, 2.24) is 4.90 Å². The highest BCUT2D eigenvalue weighted by molar-refractivity contribution is 7.99. The zero-order valence-corrected chi connectivity index (χ0v) is 15.7. The maximum absolute atomic E-state index is 13.8. The van der Waals surface area contributed by atoms with Crippen LogP contribution in [0, 0.1) is 17.6 Å². The predicted octanol–water partition coefficient (Wildman–Crippen LogP) is 4.57. The van der Waals surface area contributed by atoms with E-state index in [0.717, 1.165) is 23.1 Å². The summed E-state index contributed by atoms with van der Waals surface area (Å²) in [6.07, 6.45) is 1.40. The lowest BCUT2D eigenvalue weighted by Gasteiger charge is -2.31. The van der Waals surface area contributed by atoms with Crippen molar-refractivity contribution in [2.45, 2.75) is 24.2 Å². The number of thioether (sulfide) groups is 1. The van der Waals surface area contributed by atoms with Crippen LogP contribution < -0.4 is 0 Å². The normalized spacial score (nSPS) is 15.0. The Morgan fingerprint density at radius 1 is 1.04 bits per heavy atom. The van der Waals surface area contributed by atoms with E-state index >= 15 is 0 Å². The number of benzene rings is 2. The second-order valence-electron chi connectivity index (χ2n) is 6.55.